The summed E-state index contributed by atoms with van der Waals surface area (Å²) in [5.41, 5.74) is 0.717. The Morgan fingerprint density at radius 2 is 1.95 bits per heavy atom. The highest BCUT2D eigenvalue weighted by Crippen LogP contribution is 2.25. The van der Waals surface area contributed by atoms with Gasteiger partial charge in [-0.2, -0.15) is 4.98 Å². The summed E-state index contributed by atoms with van der Waals surface area (Å²) < 4.78 is 11.0. The number of amides is 2. The normalized spacial score (nSPS) is 27.5. The molecular weight excluding hydrogens is 492 g/mol. The zero-order chi connectivity index (χ0) is 27.8. The molecule has 11 nitrogen and oxygen atoms in total. The second kappa shape index (κ2) is 13.3. The molecule has 38 heavy (non-hydrogen) atoms. The number of nitrogens with zero attached hydrogens (tertiary/aromatic N) is 3. The summed E-state index contributed by atoms with van der Waals surface area (Å²) in [5.74, 6) is -2.33. The van der Waals surface area contributed by atoms with Crippen LogP contribution < -0.4 is 5.32 Å². The molecule has 3 rings (SSSR count). The van der Waals surface area contributed by atoms with Crippen LogP contribution in [0.25, 0.3) is 0 Å². The number of aromatic nitrogens is 2. The molecule has 2 amide bonds. The first kappa shape index (κ1) is 29.0. The Kier molecular flexibility index (Phi) is 10.1. The van der Waals surface area contributed by atoms with Crippen LogP contribution in [-0.4, -0.2) is 75.1 Å². The Balaban J connectivity index is 1.85. The van der Waals surface area contributed by atoms with Crippen molar-refractivity contribution < 1.29 is 33.5 Å². The molecule has 11 heteroatoms. The van der Waals surface area contributed by atoms with E-state index in [0.717, 1.165) is 5.57 Å². The number of ether oxygens (including phenoxy) is 1. The Labute approximate surface area is 222 Å². The number of aliphatic hydroxyl groups is 1. The van der Waals surface area contributed by atoms with Gasteiger partial charge in [0, 0.05) is 25.4 Å². The zero-order valence-corrected chi connectivity index (χ0v) is 22.3. The van der Waals surface area contributed by atoms with Crippen molar-refractivity contribution in [2.24, 2.45) is 11.8 Å². The van der Waals surface area contributed by atoms with Crippen molar-refractivity contribution in [3.8, 4) is 0 Å². The van der Waals surface area contributed by atoms with Crippen LogP contribution in [0.15, 0.2) is 40.5 Å². The molecule has 1 fully saturated rings. The van der Waals surface area contributed by atoms with Crippen LogP contribution in [0, 0.1) is 11.8 Å². The second-order valence-electron chi connectivity index (χ2n) is 10.1. The predicted molar refractivity (Wildman–Crippen MR) is 137 cm³/mol. The number of hydrogen-bond donors (Lipinski definition) is 2. The van der Waals surface area contributed by atoms with Crippen molar-refractivity contribution in [2.45, 2.75) is 71.6 Å². The predicted octanol–water partition coefficient (Wildman–Crippen LogP) is 1.93. The van der Waals surface area contributed by atoms with Crippen molar-refractivity contribution in [1.82, 2.24) is 20.4 Å². The molecule has 4 atom stereocenters. The number of allylic oxidation sites excluding steroid dienone is 2. The van der Waals surface area contributed by atoms with Gasteiger partial charge in [-0.1, -0.05) is 55.8 Å². The van der Waals surface area contributed by atoms with E-state index in [1.807, 2.05) is 20.8 Å². The third-order valence-electron chi connectivity index (χ3n) is 6.44. The lowest BCUT2D eigenvalue weighted by Crippen LogP contribution is -2.44. The highest BCUT2D eigenvalue weighted by atomic mass is 16.5. The topological polar surface area (TPSA) is 152 Å². The van der Waals surface area contributed by atoms with Crippen LogP contribution in [0.3, 0.4) is 0 Å². The molecule has 206 valence electrons. The standard InChI is InChI=1S/C27H36N4O7/c1-16(2)24-18(4)9-10-22(34)28-11-5-7-17(3)13-19(32)14-20(33)15-23-29-25(30-38-23)26(35)31-12-6-8-21(31)27(36)37-24/h5,7,9-10,13,16,18-19,21,24,32H,6,8,11-12,14-15H2,1-4H3,(H,28,34)/b7-5?,10-9+,17-13?/t18-,19-,21-,24-/m1/s1. The van der Waals surface area contributed by atoms with Gasteiger partial charge in [0.1, 0.15) is 17.9 Å². The van der Waals surface area contributed by atoms with Gasteiger partial charge in [0.25, 0.3) is 11.7 Å². The number of fused-ring (bicyclic) bond motifs is 3. The van der Waals surface area contributed by atoms with Crippen LogP contribution >= 0.6 is 0 Å². The van der Waals surface area contributed by atoms with Gasteiger partial charge in [0.05, 0.1) is 12.5 Å². The fourth-order valence-electron chi connectivity index (χ4n) is 4.56. The van der Waals surface area contributed by atoms with Gasteiger partial charge in [-0.05, 0) is 31.8 Å². The maximum absolute atomic E-state index is 13.1. The van der Waals surface area contributed by atoms with Gasteiger partial charge in [-0.3, -0.25) is 14.4 Å². The van der Waals surface area contributed by atoms with E-state index in [0.29, 0.717) is 19.4 Å². The molecule has 3 heterocycles. The van der Waals surface area contributed by atoms with E-state index in [2.05, 4.69) is 15.5 Å². The Bertz CT molecular complexity index is 1120. The van der Waals surface area contributed by atoms with E-state index in [9.17, 15) is 24.3 Å². The molecule has 0 spiro atoms. The Morgan fingerprint density at radius 1 is 1.18 bits per heavy atom. The number of ketones is 1. The molecule has 0 aliphatic carbocycles. The van der Waals surface area contributed by atoms with Crippen molar-refractivity contribution in [2.75, 3.05) is 13.1 Å². The number of carbonyl (C=O) groups excluding carboxylic acids is 4. The molecular formula is C27H36N4O7. The van der Waals surface area contributed by atoms with Gasteiger partial charge < -0.3 is 24.6 Å². The fraction of sp³-hybridized carbons (Fsp3) is 0.556. The molecule has 0 saturated carbocycles. The molecule has 2 bridgehead atoms. The van der Waals surface area contributed by atoms with Crippen LogP contribution in [-0.2, 0) is 25.5 Å². The number of hydrogen-bond acceptors (Lipinski definition) is 9. The van der Waals surface area contributed by atoms with E-state index < -0.39 is 30.1 Å². The molecule has 2 aliphatic heterocycles. The van der Waals surface area contributed by atoms with Crippen molar-refractivity contribution in [3.63, 3.8) is 0 Å². The number of esters is 1. The van der Waals surface area contributed by atoms with Gasteiger partial charge in [-0.25, -0.2) is 4.79 Å². The smallest absolute Gasteiger partial charge is 0.329 e. The highest BCUT2D eigenvalue weighted by Gasteiger charge is 2.39. The first-order valence-electron chi connectivity index (χ1n) is 12.9. The average Bonchev–Trinajstić information content (AvgIpc) is 3.52. The number of carbonyl (C=O) groups is 4. The van der Waals surface area contributed by atoms with Crippen LogP contribution in [0.1, 0.15) is 63.5 Å². The molecule has 2 aliphatic rings. The van der Waals surface area contributed by atoms with Crippen molar-refractivity contribution in [1.29, 1.82) is 0 Å². The molecule has 0 aromatic carbocycles. The summed E-state index contributed by atoms with van der Waals surface area (Å²) in [6.07, 6.45) is 7.20. The summed E-state index contributed by atoms with van der Waals surface area (Å²) in [4.78, 5) is 56.3. The van der Waals surface area contributed by atoms with Crippen LogP contribution in [0.5, 0.6) is 0 Å². The Morgan fingerprint density at radius 3 is 2.68 bits per heavy atom. The largest absolute Gasteiger partial charge is 0.460 e. The lowest BCUT2D eigenvalue weighted by Gasteiger charge is -2.29. The lowest BCUT2D eigenvalue weighted by molar-refractivity contribution is -0.158. The minimum atomic E-state index is -1.03. The molecule has 1 aromatic rings. The number of Topliss-reactive ketones (excluding diaryl/α,β-unsaturated/α-hetero) is 1. The highest BCUT2D eigenvalue weighted by molar-refractivity contribution is 5.94. The third kappa shape index (κ3) is 7.95. The molecule has 1 aromatic heterocycles. The third-order valence-corrected chi connectivity index (χ3v) is 6.44. The fourth-order valence-corrected chi connectivity index (χ4v) is 4.56. The zero-order valence-electron chi connectivity index (χ0n) is 22.3. The van der Waals surface area contributed by atoms with E-state index in [4.69, 9.17) is 9.26 Å². The van der Waals surface area contributed by atoms with E-state index in [1.54, 1.807) is 25.2 Å². The Hall–Kier alpha value is -3.60. The summed E-state index contributed by atoms with van der Waals surface area (Å²) in [5, 5.41) is 16.7. The molecule has 1 saturated heterocycles. The van der Waals surface area contributed by atoms with Crippen molar-refractivity contribution in [3.05, 3.63) is 47.7 Å². The maximum atomic E-state index is 13.1. The van der Waals surface area contributed by atoms with Gasteiger partial charge in [0.15, 0.2) is 0 Å². The SMILES string of the molecule is CC1=C[C@@H](O)CC(=O)Cc2nc(no2)C(=O)N2CCC[C@@H]2C(=O)O[C@H](C(C)C)[C@H](C)/C=C/C(=O)NCC=C1. The van der Waals surface area contributed by atoms with Gasteiger partial charge in [0.2, 0.25) is 11.8 Å². The summed E-state index contributed by atoms with van der Waals surface area (Å²) in [6.45, 7) is 8.07. The summed E-state index contributed by atoms with van der Waals surface area (Å²) in [7, 11) is 0. The van der Waals surface area contributed by atoms with Crippen LogP contribution in [0.2, 0.25) is 0 Å². The first-order valence-corrected chi connectivity index (χ1v) is 12.9. The molecule has 2 N–H and O–H groups in total. The van der Waals surface area contributed by atoms with E-state index in [1.165, 1.54) is 17.1 Å². The van der Waals surface area contributed by atoms with E-state index in [-0.39, 0.29) is 54.6 Å². The van der Waals surface area contributed by atoms with Crippen LogP contribution in [0.4, 0.5) is 0 Å². The van der Waals surface area contributed by atoms with E-state index >= 15 is 0 Å². The average molecular weight is 529 g/mol. The number of cyclic esters (lactones) is 1. The first-order chi connectivity index (χ1) is 18.0. The maximum Gasteiger partial charge on any atom is 0.329 e. The van der Waals surface area contributed by atoms with Gasteiger partial charge >= 0.3 is 5.97 Å². The van der Waals surface area contributed by atoms with Gasteiger partial charge in [-0.15, -0.1) is 0 Å². The lowest BCUT2D eigenvalue weighted by atomic mass is 9.94. The number of aliphatic hydroxyl groups excluding tert-OH is 1. The minimum Gasteiger partial charge on any atom is -0.460 e. The number of nitrogens with one attached hydrogen (secondary N) is 1. The molecule has 0 radical (unpaired) electrons. The molecule has 0 unspecified atom stereocenters. The number of rotatable bonds is 1. The summed E-state index contributed by atoms with van der Waals surface area (Å²) >= 11 is 0. The second-order valence-corrected chi connectivity index (χ2v) is 10.1. The monoisotopic (exact) mass is 528 g/mol. The minimum absolute atomic E-state index is 0.0351. The van der Waals surface area contributed by atoms with Crippen molar-refractivity contribution >= 4 is 23.6 Å². The quantitative estimate of drug-likeness (QED) is 0.521. The summed E-state index contributed by atoms with van der Waals surface area (Å²) in [6, 6.07) is -0.801.